The summed E-state index contributed by atoms with van der Waals surface area (Å²) in [6.07, 6.45) is -2.83. The SMILES string of the molecule is CC(NC(=O)CONC1=CCN(S(=O)(=O)c2cccc(C(F)(F)F)c2)CC1)c1ccccc1. The van der Waals surface area contributed by atoms with Crippen LogP contribution in [0.5, 0.6) is 0 Å². The van der Waals surface area contributed by atoms with Gasteiger partial charge in [0.25, 0.3) is 0 Å². The number of amides is 1. The number of halogens is 3. The first-order valence-electron chi connectivity index (χ1n) is 10.2. The van der Waals surface area contributed by atoms with Crippen LogP contribution >= 0.6 is 0 Å². The van der Waals surface area contributed by atoms with E-state index in [0.29, 0.717) is 11.8 Å². The van der Waals surface area contributed by atoms with Crippen LogP contribution in [0.25, 0.3) is 0 Å². The predicted molar refractivity (Wildman–Crippen MR) is 115 cm³/mol. The van der Waals surface area contributed by atoms with Crippen LogP contribution in [0.3, 0.4) is 0 Å². The van der Waals surface area contributed by atoms with Crippen LogP contribution in [-0.4, -0.2) is 38.3 Å². The summed E-state index contributed by atoms with van der Waals surface area (Å²) < 4.78 is 65.3. The van der Waals surface area contributed by atoms with Gasteiger partial charge < -0.3 is 5.32 Å². The highest BCUT2D eigenvalue weighted by Gasteiger charge is 2.33. The Hall–Kier alpha value is -2.89. The molecule has 1 amide bonds. The Labute approximate surface area is 190 Å². The summed E-state index contributed by atoms with van der Waals surface area (Å²) in [5, 5.41) is 2.80. The van der Waals surface area contributed by atoms with Crippen molar-refractivity contribution in [3.63, 3.8) is 0 Å². The second kappa shape index (κ2) is 10.4. The molecule has 1 unspecified atom stereocenters. The van der Waals surface area contributed by atoms with Gasteiger partial charge >= 0.3 is 6.18 Å². The summed E-state index contributed by atoms with van der Waals surface area (Å²) in [6.45, 7) is 1.62. The lowest BCUT2D eigenvalue weighted by molar-refractivity contribution is -0.137. The van der Waals surface area contributed by atoms with E-state index in [1.165, 1.54) is 0 Å². The Bertz CT molecular complexity index is 1110. The molecule has 0 bridgehead atoms. The summed E-state index contributed by atoms with van der Waals surface area (Å²) in [6, 6.07) is 12.9. The molecular weight excluding hydrogens is 459 g/mol. The zero-order valence-electron chi connectivity index (χ0n) is 17.8. The number of nitrogens with zero attached hydrogens (tertiary/aromatic N) is 1. The lowest BCUT2D eigenvalue weighted by Crippen LogP contribution is -2.37. The van der Waals surface area contributed by atoms with Crippen molar-refractivity contribution < 1.29 is 31.2 Å². The van der Waals surface area contributed by atoms with Crippen molar-refractivity contribution in [2.24, 2.45) is 0 Å². The van der Waals surface area contributed by atoms with Crippen LogP contribution in [0.2, 0.25) is 0 Å². The summed E-state index contributed by atoms with van der Waals surface area (Å²) in [4.78, 5) is 16.8. The van der Waals surface area contributed by atoms with Crippen molar-refractivity contribution >= 4 is 15.9 Å². The van der Waals surface area contributed by atoms with Gasteiger partial charge in [0.05, 0.1) is 16.5 Å². The van der Waals surface area contributed by atoms with Crippen LogP contribution in [0.4, 0.5) is 13.2 Å². The molecule has 33 heavy (non-hydrogen) atoms. The molecule has 11 heteroatoms. The number of hydrogen-bond acceptors (Lipinski definition) is 5. The van der Waals surface area contributed by atoms with Gasteiger partial charge in [0.2, 0.25) is 15.9 Å². The fourth-order valence-corrected chi connectivity index (χ4v) is 4.67. The summed E-state index contributed by atoms with van der Waals surface area (Å²) in [5.74, 6) is -0.330. The maximum absolute atomic E-state index is 12.9. The van der Waals surface area contributed by atoms with Crippen molar-refractivity contribution in [3.8, 4) is 0 Å². The van der Waals surface area contributed by atoms with Gasteiger partial charge in [-0.25, -0.2) is 8.42 Å². The number of rotatable bonds is 8. The smallest absolute Gasteiger partial charge is 0.347 e. The van der Waals surface area contributed by atoms with Gasteiger partial charge in [-0.1, -0.05) is 36.4 Å². The third kappa shape index (κ3) is 6.56. The van der Waals surface area contributed by atoms with Crippen LogP contribution in [0, 0.1) is 0 Å². The Balaban J connectivity index is 1.50. The first-order valence-corrected chi connectivity index (χ1v) is 11.6. The highest BCUT2D eigenvalue weighted by atomic mass is 32.2. The van der Waals surface area contributed by atoms with Crippen molar-refractivity contribution in [1.29, 1.82) is 0 Å². The summed E-state index contributed by atoms with van der Waals surface area (Å²) >= 11 is 0. The number of sulfonamides is 1. The minimum atomic E-state index is -4.63. The van der Waals surface area contributed by atoms with Gasteiger partial charge in [-0.3, -0.25) is 15.1 Å². The summed E-state index contributed by atoms with van der Waals surface area (Å²) in [5.41, 5.74) is 3.15. The van der Waals surface area contributed by atoms with Gasteiger partial charge in [0.1, 0.15) is 0 Å². The van der Waals surface area contributed by atoms with Gasteiger partial charge in [-0.15, -0.1) is 0 Å². The average Bonchev–Trinajstić information content (AvgIpc) is 2.79. The normalized spacial score (nSPS) is 16.1. The molecule has 7 nitrogen and oxygen atoms in total. The molecule has 0 saturated carbocycles. The molecule has 0 spiro atoms. The maximum Gasteiger partial charge on any atom is 0.416 e. The van der Waals surface area contributed by atoms with Gasteiger partial charge in [0, 0.05) is 25.2 Å². The molecule has 0 saturated heterocycles. The Kier molecular flexibility index (Phi) is 7.77. The van der Waals surface area contributed by atoms with E-state index in [0.717, 1.165) is 28.1 Å². The number of carbonyl (C=O) groups is 1. The molecule has 1 aliphatic heterocycles. The first kappa shape index (κ1) is 24.7. The molecule has 3 rings (SSSR count). The Morgan fingerprint density at radius 3 is 2.52 bits per heavy atom. The molecule has 0 fully saturated rings. The van der Waals surface area contributed by atoms with Crippen LogP contribution in [-0.2, 0) is 25.8 Å². The van der Waals surface area contributed by atoms with Crippen molar-refractivity contribution in [3.05, 3.63) is 77.5 Å². The van der Waals surface area contributed by atoms with E-state index in [2.05, 4.69) is 10.8 Å². The lowest BCUT2D eigenvalue weighted by Gasteiger charge is -2.26. The molecule has 1 atom stereocenters. The molecule has 2 N–H and O–H groups in total. The molecule has 0 radical (unpaired) electrons. The van der Waals surface area contributed by atoms with Gasteiger partial charge in [0.15, 0.2) is 6.61 Å². The molecule has 0 aliphatic carbocycles. The molecule has 178 valence electrons. The maximum atomic E-state index is 12.9. The number of hydroxylamine groups is 1. The quantitative estimate of drug-likeness (QED) is 0.562. The molecule has 2 aromatic rings. The second-order valence-corrected chi connectivity index (χ2v) is 9.40. The van der Waals surface area contributed by atoms with E-state index in [4.69, 9.17) is 4.84 Å². The Morgan fingerprint density at radius 1 is 1.15 bits per heavy atom. The molecule has 1 aliphatic rings. The zero-order valence-corrected chi connectivity index (χ0v) is 18.6. The minimum absolute atomic E-state index is 0.0402. The largest absolute Gasteiger partial charge is 0.416 e. The first-order chi connectivity index (χ1) is 15.6. The van der Waals surface area contributed by atoms with E-state index < -0.39 is 26.7 Å². The average molecular weight is 484 g/mol. The highest BCUT2D eigenvalue weighted by molar-refractivity contribution is 7.89. The fraction of sp³-hybridized carbons (Fsp3) is 0.318. The van der Waals surface area contributed by atoms with Gasteiger partial charge in [-0.2, -0.15) is 17.5 Å². The van der Waals surface area contributed by atoms with E-state index in [1.807, 2.05) is 37.3 Å². The van der Waals surface area contributed by atoms with Crippen molar-refractivity contribution in [2.45, 2.75) is 30.5 Å². The van der Waals surface area contributed by atoms with E-state index in [9.17, 15) is 26.4 Å². The standard InChI is InChI=1S/C22H24F3N3O4S/c1-16(17-6-3-2-4-7-17)26-21(29)15-32-27-19-10-12-28(13-11-19)33(30,31)20-9-5-8-18(14-20)22(23,24)25/h2-10,14,16,27H,11-13,15H2,1H3,(H,26,29). The molecule has 1 heterocycles. The molecule has 0 aromatic heterocycles. The van der Waals surface area contributed by atoms with E-state index in [-0.39, 0.29) is 38.1 Å². The van der Waals surface area contributed by atoms with Crippen molar-refractivity contribution in [1.82, 2.24) is 15.1 Å². The zero-order chi connectivity index (χ0) is 24.1. The number of alkyl halides is 3. The van der Waals surface area contributed by atoms with E-state index in [1.54, 1.807) is 6.08 Å². The van der Waals surface area contributed by atoms with E-state index >= 15 is 0 Å². The summed E-state index contributed by atoms with van der Waals surface area (Å²) in [7, 11) is -4.09. The Morgan fingerprint density at radius 2 is 1.88 bits per heavy atom. The number of nitrogens with one attached hydrogen (secondary N) is 2. The number of benzene rings is 2. The van der Waals surface area contributed by atoms with Crippen LogP contribution < -0.4 is 10.8 Å². The van der Waals surface area contributed by atoms with Crippen LogP contribution in [0.1, 0.15) is 30.5 Å². The second-order valence-electron chi connectivity index (χ2n) is 7.46. The third-order valence-electron chi connectivity index (χ3n) is 5.05. The highest BCUT2D eigenvalue weighted by Crippen LogP contribution is 2.31. The lowest BCUT2D eigenvalue weighted by atomic mass is 10.1. The fourth-order valence-electron chi connectivity index (χ4n) is 3.25. The third-order valence-corrected chi connectivity index (χ3v) is 6.92. The van der Waals surface area contributed by atoms with Gasteiger partial charge in [-0.05, 0) is 36.8 Å². The molecular formula is C22H24F3N3O4S. The monoisotopic (exact) mass is 483 g/mol. The number of carbonyl (C=O) groups excluding carboxylic acids is 1. The van der Waals surface area contributed by atoms with Crippen molar-refractivity contribution in [2.75, 3.05) is 19.7 Å². The minimum Gasteiger partial charge on any atom is -0.347 e. The predicted octanol–water partition coefficient (Wildman–Crippen LogP) is 3.38. The van der Waals surface area contributed by atoms with Crippen LogP contribution in [0.15, 0.2) is 71.3 Å². The topological polar surface area (TPSA) is 87.7 Å². The molecule has 2 aromatic carbocycles. The number of hydrogen-bond donors (Lipinski definition) is 2.